The monoisotopic (exact) mass is 592 g/mol. The van der Waals surface area contributed by atoms with Gasteiger partial charge in [-0.05, 0) is 48.3 Å². The van der Waals surface area contributed by atoms with Gasteiger partial charge in [0, 0.05) is 37.9 Å². The first-order valence-corrected chi connectivity index (χ1v) is 16.4. The van der Waals surface area contributed by atoms with E-state index in [1.165, 1.54) is 12.0 Å². The second kappa shape index (κ2) is 12.3. The number of hydrogen-bond acceptors (Lipinski definition) is 6. The maximum atomic E-state index is 14.3. The van der Waals surface area contributed by atoms with Crippen molar-refractivity contribution in [3.63, 3.8) is 0 Å². The van der Waals surface area contributed by atoms with Crippen molar-refractivity contribution in [2.75, 3.05) is 44.7 Å². The molecule has 1 aromatic rings. The van der Waals surface area contributed by atoms with E-state index in [9.17, 15) is 14.4 Å². The molecule has 6 rings (SSSR count). The number of carbonyl (C=O) groups is 3. The number of carbonyl (C=O) groups excluding carboxylic acids is 3. The predicted octanol–water partition coefficient (Wildman–Crippen LogP) is 3.56. The molecule has 0 radical (unpaired) electrons. The van der Waals surface area contributed by atoms with Gasteiger partial charge >= 0.3 is 0 Å². The molecule has 6 unspecified atom stereocenters. The standard InChI is InChI=1S/C34H48N4O5/c1-21(2)24-9-11-25(12-10-24)35-31(39)28-27-13-14-34(43-27)29(28)33(41)38(16-6-15-37-17-19-42-20-18-37)30(34)32(40)36-26-8-5-7-22(3)23(26)4/h9-14,21-23,26-30H,5-8,15-20H2,1-4H3,(H,35,39)(H,36,40)/t22?,23?,26?,27-,28?,29-,30?,34?/m0/s1. The number of benzene rings is 1. The summed E-state index contributed by atoms with van der Waals surface area (Å²) in [6.45, 7) is 13.2. The molecule has 8 atom stereocenters. The van der Waals surface area contributed by atoms with Crippen LogP contribution in [-0.2, 0) is 23.9 Å². The largest absolute Gasteiger partial charge is 0.379 e. The number of rotatable bonds is 9. The van der Waals surface area contributed by atoms with Crippen LogP contribution in [0.1, 0.15) is 64.9 Å². The number of nitrogens with one attached hydrogen (secondary N) is 2. The summed E-state index contributed by atoms with van der Waals surface area (Å²) in [4.78, 5) is 46.4. The Labute approximate surface area is 255 Å². The zero-order chi connectivity index (χ0) is 30.3. The summed E-state index contributed by atoms with van der Waals surface area (Å²) < 4.78 is 12.0. The van der Waals surface area contributed by atoms with E-state index in [0.29, 0.717) is 43.2 Å². The van der Waals surface area contributed by atoms with E-state index in [-0.39, 0.29) is 23.8 Å². The Morgan fingerprint density at radius 1 is 1.05 bits per heavy atom. The van der Waals surface area contributed by atoms with Crippen molar-refractivity contribution >= 4 is 23.4 Å². The Bertz CT molecular complexity index is 1230. The first-order chi connectivity index (χ1) is 20.7. The highest BCUT2D eigenvalue weighted by Crippen LogP contribution is 2.55. The molecule has 9 heteroatoms. The molecule has 234 valence electrons. The third-order valence-electron chi connectivity index (χ3n) is 10.8. The molecule has 9 nitrogen and oxygen atoms in total. The van der Waals surface area contributed by atoms with Crippen LogP contribution in [0, 0.1) is 23.7 Å². The van der Waals surface area contributed by atoms with E-state index < -0.39 is 29.6 Å². The maximum Gasteiger partial charge on any atom is 0.246 e. The molecule has 1 aliphatic carbocycles. The average Bonchev–Trinajstić information content (AvgIpc) is 3.64. The predicted molar refractivity (Wildman–Crippen MR) is 164 cm³/mol. The van der Waals surface area contributed by atoms with Crippen molar-refractivity contribution in [3.8, 4) is 0 Å². The van der Waals surface area contributed by atoms with Crippen LogP contribution in [-0.4, -0.2) is 90.7 Å². The van der Waals surface area contributed by atoms with Gasteiger partial charge in [0.15, 0.2) is 0 Å². The Kier molecular flexibility index (Phi) is 8.68. The molecule has 2 bridgehead atoms. The number of ether oxygens (including phenoxy) is 2. The van der Waals surface area contributed by atoms with Gasteiger partial charge in [0.1, 0.15) is 11.6 Å². The van der Waals surface area contributed by atoms with E-state index in [1.807, 2.05) is 36.4 Å². The average molecular weight is 593 g/mol. The lowest BCUT2D eigenvalue weighted by molar-refractivity contribution is -0.141. The summed E-state index contributed by atoms with van der Waals surface area (Å²) in [6.07, 6.45) is 7.17. The Morgan fingerprint density at radius 2 is 1.79 bits per heavy atom. The lowest BCUT2D eigenvalue weighted by Crippen LogP contribution is -2.58. The van der Waals surface area contributed by atoms with E-state index in [1.54, 1.807) is 4.90 Å². The number of amides is 3. The molecule has 3 amide bonds. The highest BCUT2D eigenvalue weighted by atomic mass is 16.5. The second-order valence-corrected chi connectivity index (χ2v) is 13.7. The normalized spacial score (nSPS) is 35.4. The molecule has 1 saturated carbocycles. The molecule has 4 fully saturated rings. The number of morpholine rings is 1. The minimum absolute atomic E-state index is 0.0625. The molecule has 2 N–H and O–H groups in total. The van der Waals surface area contributed by atoms with Crippen LogP contribution in [0.2, 0.25) is 0 Å². The van der Waals surface area contributed by atoms with Crippen LogP contribution in [0.25, 0.3) is 0 Å². The van der Waals surface area contributed by atoms with Crippen LogP contribution < -0.4 is 10.6 Å². The van der Waals surface area contributed by atoms with Crippen LogP contribution in [0.15, 0.2) is 36.4 Å². The summed E-state index contributed by atoms with van der Waals surface area (Å²) in [6, 6.07) is 7.11. The molecule has 1 aromatic carbocycles. The molecule has 1 spiro atoms. The number of likely N-dealkylation sites (tertiary alicyclic amines) is 1. The van der Waals surface area contributed by atoms with Crippen LogP contribution >= 0.6 is 0 Å². The van der Waals surface area contributed by atoms with Gasteiger partial charge in [-0.3, -0.25) is 19.3 Å². The molecule has 3 saturated heterocycles. The van der Waals surface area contributed by atoms with Crippen LogP contribution in [0.3, 0.4) is 0 Å². The number of nitrogens with zero attached hydrogens (tertiary/aromatic N) is 2. The van der Waals surface area contributed by atoms with E-state index in [4.69, 9.17) is 9.47 Å². The molecule has 43 heavy (non-hydrogen) atoms. The van der Waals surface area contributed by atoms with Crippen molar-refractivity contribution in [1.82, 2.24) is 15.1 Å². The first kappa shape index (κ1) is 30.3. The summed E-state index contributed by atoms with van der Waals surface area (Å²) >= 11 is 0. The number of hydrogen-bond donors (Lipinski definition) is 2. The zero-order valence-electron chi connectivity index (χ0n) is 26.1. The van der Waals surface area contributed by atoms with Gasteiger partial charge in [-0.25, -0.2) is 0 Å². The number of fused-ring (bicyclic) bond motifs is 1. The van der Waals surface area contributed by atoms with Crippen LogP contribution in [0.5, 0.6) is 0 Å². The van der Waals surface area contributed by atoms with Gasteiger partial charge in [0.2, 0.25) is 17.7 Å². The second-order valence-electron chi connectivity index (χ2n) is 13.7. The van der Waals surface area contributed by atoms with E-state index in [2.05, 4.69) is 43.2 Å². The molecule has 5 aliphatic rings. The van der Waals surface area contributed by atoms with Crippen molar-refractivity contribution in [2.24, 2.45) is 23.7 Å². The van der Waals surface area contributed by atoms with Crippen molar-refractivity contribution in [1.29, 1.82) is 0 Å². The smallest absolute Gasteiger partial charge is 0.246 e. The molecule has 4 heterocycles. The van der Waals surface area contributed by atoms with Crippen molar-refractivity contribution < 1.29 is 23.9 Å². The van der Waals surface area contributed by atoms with Gasteiger partial charge < -0.3 is 25.0 Å². The molecular formula is C34H48N4O5. The van der Waals surface area contributed by atoms with Gasteiger partial charge in [-0.2, -0.15) is 0 Å². The van der Waals surface area contributed by atoms with Gasteiger partial charge in [0.25, 0.3) is 0 Å². The number of anilines is 1. The fourth-order valence-electron chi connectivity index (χ4n) is 8.02. The van der Waals surface area contributed by atoms with E-state index in [0.717, 1.165) is 38.9 Å². The topological polar surface area (TPSA) is 100 Å². The highest BCUT2D eigenvalue weighted by molar-refractivity contribution is 6.02. The third-order valence-corrected chi connectivity index (χ3v) is 10.8. The third kappa shape index (κ3) is 5.64. The van der Waals surface area contributed by atoms with Gasteiger partial charge in [-0.15, -0.1) is 0 Å². The first-order valence-electron chi connectivity index (χ1n) is 16.4. The Morgan fingerprint density at radius 3 is 2.51 bits per heavy atom. The Balaban J connectivity index is 1.23. The quantitative estimate of drug-likeness (QED) is 0.426. The molecule has 4 aliphatic heterocycles. The van der Waals surface area contributed by atoms with Gasteiger partial charge in [0.05, 0.1) is 31.2 Å². The molecular weight excluding hydrogens is 544 g/mol. The van der Waals surface area contributed by atoms with Crippen LogP contribution in [0.4, 0.5) is 5.69 Å². The maximum absolute atomic E-state index is 14.3. The summed E-state index contributed by atoms with van der Waals surface area (Å²) in [5, 5.41) is 6.39. The van der Waals surface area contributed by atoms with Gasteiger partial charge in [-0.1, -0.05) is 64.8 Å². The summed E-state index contributed by atoms with van der Waals surface area (Å²) in [7, 11) is 0. The van der Waals surface area contributed by atoms with Crippen molar-refractivity contribution in [2.45, 2.75) is 83.1 Å². The van der Waals surface area contributed by atoms with Crippen molar-refractivity contribution in [3.05, 3.63) is 42.0 Å². The fourth-order valence-corrected chi connectivity index (χ4v) is 8.02. The lowest BCUT2D eigenvalue weighted by atomic mass is 9.73. The zero-order valence-corrected chi connectivity index (χ0v) is 26.1. The fraction of sp³-hybridized carbons (Fsp3) is 0.676. The SMILES string of the molecule is CC(C)c1ccc(NC(=O)C2[C@@H]3C=CC4(O3)C(C(=O)NC3CCCC(C)C3C)N(CCCN3CCOCC3)C(=O)[C@H]24)cc1. The molecule has 0 aromatic heterocycles. The summed E-state index contributed by atoms with van der Waals surface area (Å²) in [5.74, 6) is -0.721. The lowest BCUT2D eigenvalue weighted by Gasteiger charge is -2.38. The summed E-state index contributed by atoms with van der Waals surface area (Å²) in [5.41, 5.74) is 0.743. The van der Waals surface area contributed by atoms with E-state index >= 15 is 0 Å². The Hall–Kier alpha value is -2.75. The minimum atomic E-state index is -1.14. The minimum Gasteiger partial charge on any atom is -0.379 e. The highest BCUT2D eigenvalue weighted by Gasteiger charge is 2.72.